The molecule has 0 radical (unpaired) electrons. The van der Waals surface area contributed by atoms with Gasteiger partial charge in [-0.1, -0.05) is 18.2 Å². The molecule has 0 aliphatic carbocycles. The largest absolute Gasteiger partial charge is 0.497 e. The lowest BCUT2D eigenvalue weighted by Crippen LogP contribution is -2.22. The third-order valence-corrected chi connectivity index (χ3v) is 4.15. The maximum Gasteiger partial charge on any atom is 0.137 e. The van der Waals surface area contributed by atoms with Gasteiger partial charge in [-0.2, -0.15) is 0 Å². The molecule has 2 aromatic rings. The van der Waals surface area contributed by atoms with Crippen LogP contribution in [0.5, 0.6) is 5.75 Å². The van der Waals surface area contributed by atoms with E-state index in [1.54, 1.807) is 13.2 Å². The molecule has 0 amide bonds. The summed E-state index contributed by atoms with van der Waals surface area (Å²) in [5.41, 5.74) is 2.19. The molecule has 21 heavy (non-hydrogen) atoms. The molecule has 112 valence electrons. The predicted molar refractivity (Wildman–Crippen MR) is 87.1 cm³/mol. The van der Waals surface area contributed by atoms with Gasteiger partial charge < -0.3 is 10.1 Å². The molecule has 0 fully saturated rings. The second-order valence-corrected chi connectivity index (χ2v) is 5.91. The van der Waals surface area contributed by atoms with E-state index in [1.165, 1.54) is 6.07 Å². The van der Waals surface area contributed by atoms with Gasteiger partial charge in [-0.3, -0.25) is 0 Å². The van der Waals surface area contributed by atoms with Gasteiger partial charge in [0.2, 0.25) is 0 Å². The van der Waals surface area contributed by atoms with E-state index in [1.807, 2.05) is 24.3 Å². The number of halogens is 2. The molecule has 2 nitrogen and oxygen atoms in total. The third-order valence-electron chi connectivity index (χ3n) is 3.54. The zero-order chi connectivity index (χ0) is 15.4. The van der Waals surface area contributed by atoms with Crippen molar-refractivity contribution < 1.29 is 9.13 Å². The molecule has 0 aliphatic heterocycles. The zero-order valence-corrected chi connectivity index (χ0v) is 13.9. The molecule has 2 atom stereocenters. The molecule has 2 aromatic carbocycles. The Labute approximate surface area is 133 Å². The van der Waals surface area contributed by atoms with E-state index in [-0.39, 0.29) is 17.9 Å². The summed E-state index contributed by atoms with van der Waals surface area (Å²) >= 11 is 3.23. The zero-order valence-electron chi connectivity index (χ0n) is 12.4. The van der Waals surface area contributed by atoms with E-state index in [2.05, 4.69) is 41.2 Å². The van der Waals surface area contributed by atoms with Crippen LogP contribution in [0.2, 0.25) is 0 Å². The van der Waals surface area contributed by atoms with Crippen LogP contribution in [0.3, 0.4) is 0 Å². The fourth-order valence-corrected chi connectivity index (χ4v) is 2.66. The molecule has 0 heterocycles. The van der Waals surface area contributed by atoms with E-state index in [9.17, 15) is 4.39 Å². The molecule has 0 aliphatic rings. The first-order valence-corrected chi connectivity index (χ1v) is 7.65. The second kappa shape index (κ2) is 7.05. The Hall–Kier alpha value is -1.39. The molecule has 2 rings (SSSR count). The minimum absolute atomic E-state index is 0.114. The summed E-state index contributed by atoms with van der Waals surface area (Å²) in [6, 6.07) is 13.4. The highest BCUT2D eigenvalue weighted by Crippen LogP contribution is 2.25. The van der Waals surface area contributed by atoms with Crippen LogP contribution in [0.15, 0.2) is 46.9 Å². The summed E-state index contributed by atoms with van der Waals surface area (Å²) in [7, 11) is 1.66. The average Bonchev–Trinajstić information content (AvgIpc) is 2.49. The van der Waals surface area contributed by atoms with E-state index in [0.29, 0.717) is 4.47 Å². The van der Waals surface area contributed by atoms with Crippen LogP contribution in [0.4, 0.5) is 4.39 Å². The molecular weight excluding hydrogens is 333 g/mol. The van der Waals surface area contributed by atoms with Gasteiger partial charge in [0.25, 0.3) is 0 Å². The molecule has 0 bridgehead atoms. The minimum atomic E-state index is -0.244. The van der Waals surface area contributed by atoms with Crippen molar-refractivity contribution in [3.05, 3.63) is 63.9 Å². The molecule has 0 aromatic heterocycles. The Morgan fingerprint density at radius 3 is 2.33 bits per heavy atom. The predicted octanol–water partition coefficient (Wildman–Crippen LogP) is 5.01. The fraction of sp³-hybridized carbons (Fsp3) is 0.294. The highest BCUT2D eigenvalue weighted by atomic mass is 79.9. The van der Waals surface area contributed by atoms with Crippen LogP contribution >= 0.6 is 15.9 Å². The van der Waals surface area contributed by atoms with Gasteiger partial charge in [-0.05, 0) is 65.2 Å². The molecule has 1 unspecified atom stereocenters. The van der Waals surface area contributed by atoms with Crippen molar-refractivity contribution in [1.82, 2.24) is 5.32 Å². The van der Waals surface area contributed by atoms with Crippen molar-refractivity contribution in [2.24, 2.45) is 0 Å². The Balaban J connectivity index is 2.10. The van der Waals surface area contributed by atoms with Gasteiger partial charge in [0, 0.05) is 12.1 Å². The summed E-state index contributed by atoms with van der Waals surface area (Å²) in [6.07, 6.45) is 0. The van der Waals surface area contributed by atoms with Crippen molar-refractivity contribution in [2.45, 2.75) is 25.9 Å². The standard InChI is InChI=1S/C17H19BrFNO/c1-11(13-5-4-6-15(9-13)21-3)20-12(2)14-7-8-17(19)16(18)10-14/h4-12,20H,1-3H3/t11-,12?/m1/s1. The summed E-state index contributed by atoms with van der Waals surface area (Å²) < 4.78 is 19.0. The Kier molecular flexibility index (Phi) is 5.37. The highest BCUT2D eigenvalue weighted by Gasteiger charge is 2.13. The van der Waals surface area contributed by atoms with Crippen LogP contribution in [-0.4, -0.2) is 7.11 Å². The van der Waals surface area contributed by atoms with Gasteiger partial charge in [0.05, 0.1) is 11.6 Å². The van der Waals surface area contributed by atoms with Gasteiger partial charge in [0.15, 0.2) is 0 Å². The van der Waals surface area contributed by atoms with Crippen molar-refractivity contribution >= 4 is 15.9 Å². The third kappa shape index (κ3) is 4.05. The van der Waals surface area contributed by atoms with E-state index in [0.717, 1.165) is 16.9 Å². The number of rotatable bonds is 5. The number of benzene rings is 2. The molecule has 0 spiro atoms. The lowest BCUT2D eigenvalue weighted by atomic mass is 10.0. The first-order chi connectivity index (χ1) is 10.0. The highest BCUT2D eigenvalue weighted by molar-refractivity contribution is 9.10. The summed E-state index contributed by atoms with van der Waals surface area (Å²) in [4.78, 5) is 0. The monoisotopic (exact) mass is 351 g/mol. The van der Waals surface area contributed by atoms with Crippen LogP contribution in [0.25, 0.3) is 0 Å². The van der Waals surface area contributed by atoms with E-state index < -0.39 is 0 Å². The summed E-state index contributed by atoms with van der Waals surface area (Å²) in [5.74, 6) is 0.602. The van der Waals surface area contributed by atoms with Crippen molar-refractivity contribution in [2.75, 3.05) is 7.11 Å². The lowest BCUT2D eigenvalue weighted by Gasteiger charge is -2.21. The van der Waals surface area contributed by atoms with Crippen molar-refractivity contribution in [1.29, 1.82) is 0 Å². The maximum absolute atomic E-state index is 13.3. The Bertz CT molecular complexity index is 617. The van der Waals surface area contributed by atoms with E-state index >= 15 is 0 Å². The molecule has 0 saturated heterocycles. The average molecular weight is 352 g/mol. The van der Waals surface area contributed by atoms with Gasteiger partial charge in [-0.25, -0.2) is 4.39 Å². The van der Waals surface area contributed by atoms with Crippen LogP contribution in [0, 0.1) is 5.82 Å². The molecule has 4 heteroatoms. The van der Waals surface area contributed by atoms with Crippen molar-refractivity contribution in [3.8, 4) is 5.75 Å². The van der Waals surface area contributed by atoms with Gasteiger partial charge in [0.1, 0.15) is 11.6 Å². The van der Waals surface area contributed by atoms with Crippen LogP contribution < -0.4 is 10.1 Å². The van der Waals surface area contributed by atoms with E-state index in [4.69, 9.17) is 4.74 Å². The van der Waals surface area contributed by atoms with Gasteiger partial charge in [-0.15, -0.1) is 0 Å². The first-order valence-electron chi connectivity index (χ1n) is 6.86. The van der Waals surface area contributed by atoms with Crippen molar-refractivity contribution in [3.63, 3.8) is 0 Å². The molecule has 0 saturated carbocycles. The number of hydrogen-bond acceptors (Lipinski definition) is 2. The molecular formula is C17H19BrFNO. The number of ether oxygens (including phenoxy) is 1. The summed E-state index contributed by atoms with van der Waals surface area (Å²) in [6.45, 7) is 4.17. The van der Waals surface area contributed by atoms with Crippen LogP contribution in [0.1, 0.15) is 37.1 Å². The minimum Gasteiger partial charge on any atom is -0.497 e. The van der Waals surface area contributed by atoms with Gasteiger partial charge >= 0.3 is 0 Å². The van der Waals surface area contributed by atoms with Crippen LogP contribution in [-0.2, 0) is 0 Å². The molecule has 1 N–H and O–H groups in total. The topological polar surface area (TPSA) is 21.3 Å². The normalized spacial score (nSPS) is 13.8. The number of nitrogens with one attached hydrogen (secondary N) is 1. The first kappa shape index (κ1) is 16.0. The summed E-state index contributed by atoms with van der Waals surface area (Å²) in [5, 5.41) is 3.51. The second-order valence-electron chi connectivity index (χ2n) is 5.06. The number of hydrogen-bond donors (Lipinski definition) is 1. The Morgan fingerprint density at radius 2 is 1.71 bits per heavy atom. The Morgan fingerprint density at radius 1 is 1.05 bits per heavy atom. The lowest BCUT2D eigenvalue weighted by molar-refractivity contribution is 0.412. The fourth-order valence-electron chi connectivity index (χ4n) is 2.26. The SMILES string of the molecule is COc1cccc([C@@H](C)NC(C)c2ccc(F)c(Br)c2)c1. The number of methoxy groups -OCH3 is 1. The quantitative estimate of drug-likeness (QED) is 0.817. The smallest absolute Gasteiger partial charge is 0.137 e. The maximum atomic E-state index is 13.3.